The van der Waals surface area contributed by atoms with Crippen molar-refractivity contribution in [3.63, 3.8) is 0 Å². The zero-order chi connectivity index (χ0) is 22.8. The minimum atomic E-state index is -0.152. The minimum Gasteiger partial charge on any atom is -0.325 e. The molecule has 0 radical (unpaired) electrons. The highest BCUT2D eigenvalue weighted by molar-refractivity contribution is 7.99. The highest BCUT2D eigenvalue weighted by Gasteiger charge is 2.18. The molecule has 2 aromatic carbocycles. The third-order valence-electron chi connectivity index (χ3n) is 5.15. The molecule has 3 heterocycles. The van der Waals surface area contributed by atoms with Gasteiger partial charge in [0.25, 0.3) is 5.56 Å². The number of nitrogens with one attached hydrogen (secondary N) is 1. The molecule has 0 saturated carbocycles. The van der Waals surface area contributed by atoms with Crippen LogP contribution >= 0.6 is 34.4 Å². The fourth-order valence-corrected chi connectivity index (χ4v) is 6.28. The summed E-state index contributed by atoms with van der Waals surface area (Å²) in [6.45, 7) is 4.12. The number of hydrogen-bond acceptors (Lipinski definition) is 6. The molecule has 0 aliphatic heterocycles. The third-order valence-corrected chi connectivity index (χ3v) is 7.90. The van der Waals surface area contributed by atoms with E-state index in [0.29, 0.717) is 21.9 Å². The van der Waals surface area contributed by atoms with Crippen LogP contribution < -0.4 is 10.9 Å². The molecule has 5 aromatic rings. The van der Waals surface area contributed by atoms with Crippen LogP contribution in [0.5, 0.6) is 0 Å². The maximum atomic E-state index is 13.4. The largest absolute Gasteiger partial charge is 0.325 e. The van der Waals surface area contributed by atoms with E-state index in [2.05, 4.69) is 11.9 Å². The zero-order valence-corrected chi connectivity index (χ0v) is 19.9. The van der Waals surface area contributed by atoms with Gasteiger partial charge in [0.15, 0.2) is 5.16 Å². The Balaban J connectivity index is 1.42. The van der Waals surface area contributed by atoms with Gasteiger partial charge in [-0.25, -0.2) is 4.98 Å². The smallest absolute Gasteiger partial charge is 0.263 e. The number of amides is 1. The normalized spacial score (nSPS) is 11.2. The average molecular weight is 490 g/mol. The number of carbonyl (C=O) groups excluding carboxylic acids is 1. The first-order valence-corrected chi connectivity index (χ1v) is 13.0. The maximum absolute atomic E-state index is 13.4. The van der Waals surface area contributed by atoms with E-state index in [9.17, 15) is 9.59 Å². The molecular weight excluding hydrogens is 470 g/mol. The number of thiophene rings is 2. The van der Waals surface area contributed by atoms with Crippen molar-refractivity contribution in [2.24, 2.45) is 0 Å². The van der Waals surface area contributed by atoms with Gasteiger partial charge in [-0.1, -0.05) is 60.3 Å². The standard InChI is InChI=1S/C25H19N3O2S3/c1-2-12-28-24(30)22-18(20-11-6-13-31-20)14-32-23(22)27-25(28)33-15-21(29)26-19-10-5-8-16-7-3-4-9-17(16)19/h2-11,13-14H,1,12,15H2,(H,26,29). The number of allylic oxidation sites excluding steroid dienone is 1. The summed E-state index contributed by atoms with van der Waals surface area (Å²) in [5.74, 6) is -0.0112. The van der Waals surface area contributed by atoms with E-state index in [1.54, 1.807) is 22.0 Å². The number of rotatable bonds is 7. The second kappa shape index (κ2) is 9.35. The van der Waals surface area contributed by atoms with Gasteiger partial charge in [-0.3, -0.25) is 14.2 Å². The summed E-state index contributed by atoms with van der Waals surface area (Å²) in [5.41, 5.74) is 1.57. The molecule has 164 valence electrons. The van der Waals surface area contributed by atoms with Gasteiger partial charge in [0.05, 0.1) is 11.1 Å². The number of carbonyl (C=O) groups is 1. The number of nitrogens with zero attached hydrogens (tertiary/aromatic N) is 2. The van der Waals surface area contributed by atoms with Crippen molar-refractivity contribution in [1.29, 1.82) is 0 Å². The SMILES string of the molecule is C=CCn1c(SCC(=O)Nc2cccc3ccccc23)nc2scc(-c3cccs3)c2c1=O. The monoisotopic (exact) mass is 489 g/mol. The molecule has 0 aliphatic rings. The minimum absolute atomic E-state index is 0.110. The molecule has 0 aliphatic carbocycles. The average Bonchev–Trinajstić information content (AvgIpc) is 3.50. The Morgan fingerprint density at radius 3 is 2.79 bits per heavy atom. The van der Waals surface area contributed by atoms with Crippen molar-refractivity contribution in [1.82, 2.24) is 9.55 Å². The number of benzene rings is 2. The maximum Gasteiger partial charge on any atom is 0.263 e. The number of anilines is 1. The van der Waals surface area contributed by atoms with E-state index in [-0.39, 0.29) is 17.2 Å². The molecule has 33 heavy (non-hydrogen) atoms. The molecule has 0 saturated heterocycles. The van der Waals surface area contributed by atoms with Gasteiger partial charge >= 0.3 is 0 Å². The van der Waals surface area contributed by atoms with Crippen LogP contribution in [0.4, 0.5) is 5.69 Å². The summed E-state index contributed by atoms with van der Waals surface area (Å²) in [4.78, 5) is 32.6. The number of fused-ring (bicyclic) bond motifs is 2. The first kappa shape index (κ1) is 21.6. The van der Waals surface area contributed by atoms with Gasteiger partial charge in [0, 0.05) is 33.4 Å². The molecule has 5 nitrogen and oxygen atoms in total. The number of thioether (sulfide) groups is 1. The Morgan fingerprint density at radius 1 is 1.12 bits per heavy atom. The summed E-state index contributed by atoms with van der Waals surface area (Å²) in [6.07, 6.45) is 1.67. The van der Waals surface area contributed by atoms with Crippen molar-refractivity contribution in [3.8, 4) is 10.4 Å². The van der Waals surface area contributed by atoms with E-state index in [0.717, 1.165) is 26.9 Å². The lowest BCUT2D eigenvalue weighted by Gasteiger charge is -2.11. The van der Waals surface area contributed by atoms with Gasteiger partial charge in [0.1, 0.15) is 4.83 Å². The topological polar surface area (TPSA) is 64.0 Å². The Labute approximate surface area is 202 Å². The van der Waals surface area contributed by atoms with Gasteiger partial charge in [-0.15, -0.1) is 29.3 Å². The van der Waals surface area contributed by atoms with E-state index < -0.39 is 0 Å². The number of aromatic nitrogens is 2. The van der Waals surface area contributed by atoms with Crippen molar-refractivity contribution in [3.05, 3.63) is 88.4 Å². The second-order valence-corrected chi connectivity index (χ2v) is 10.0. The molecule has 5 rings (SSSR count). The molecule has 1 N–H and O–H groups in total. The van der Waals surface area contributed by atoms with Gasteiger partial charge in [-0.05, 0) is 22.9 Å². The van der Waals surface area contributed by atoms with Crippen LogP contribution in [-0.4, -0.2) is 21.2 Å². The molecule has 0 bridgehead atoms. The Hall–Kier alpha value is -3.20. The van der Waals surface area contributed by atoms with E-state index >= 15 is 0 Å². The summed E-state index contributed by atoms with van der Waals surface area (Å²) in [7, 11) is 0. The highest BCUT2D eigenvalue weighted by Crippen LogP contribution is 2.34. The lowest BCUT2D eigenvalue weighted by molar-refractivity contribution is -0.113. The molecular formula is C25H19N3O2S3. The second-order valence-electron chi connectivity index (χ2n) is 7.27. The van der Waals surface area contributed by atoms with E-state index in [1.807, 2.05) is 65.4 Å². The highest BCUT2D eigenvalue weighted by atomic mass is 32.2. The Bertz CT molecular complexity index is 1530. The van der Waals surface area contributed by atoms with Crippen LogP contribution in [0.25, 0.3) is 31.4 Å². The summed E-state index contributed by atoms with van der Waals surface area (Å²) >= 11 is 4.30. The fraction of sp³-hybridized carbons (Fsp3) is 0.0800. The molecule has 8 heteroatoms. The van der Waals surface area contributed by atoms with Crippen molar-refractivity contribution >= 4 is 67.0 Å². The Morgan fingerprint density at radius 2 is 1.97 bits per heavy atom. The van der Waals surface area contributed by atoms with Crippen LogP contribution in [0.3, 0.4) is 0 Å². The van der Waals surface area contributed by atoms with Crippen LogP contribution in [0.2, 0.25) is 0 Å². The van der Waals surface area contributed by atoms with Crippen LogP contribution in [-0.2, 0) is 11.3 Å². The van der Waals surface area contributed by atoms with E-state index in [1.165, 1.54) is 23.1 Å². The van der Waals surface area contributed by atoms with Crippen molar-refractivity contribution < 1.29 is 4.79 Å². The Kier molecular flexibility index (Phi) is 6.13. The van der Waals surface area contributed by atoms with Crippen LogP contribution in [0, 0.1) is 0 Å². The molecule has 0 unspecified atom stereocenters. The van der Waals surface area contributed by atoms with Crippen molar-refractivity contribution in [2.75, 3.05) is 11.1 Å². The molecule has 1 amide bonds. The van der Waals surface area contributed by atoms with Crippen LogP contribution in [0.1, 0.15) is 0 Å². The third kappa shape index (κ3) is 4.25. The lowest BCUT2D eigenvalue weighted by atomic mass is 10.1. The van der Waals surface area contributed by atoms with E-state index in [4.69, 9.17) is 4.98 Å². The van der Waals surface area contributed by atoms with Gasteiger partial charge < -0.3 is 5.32 Å². The van der Waals surface area contributed by atoms with Crippen molar-refractivity contribution in [2.45, 2.75) is 11.7 Å². The summed E-state index contributed by atoms with van der Waals surface area (Å²) in [6, 6.07) is 17.7. The predicted molar refractivity (Wildman–Crippen MR) is 141 cm³/mol. The molecule has 0 spiro atoms. The first-order valence-electron chi connectivity index (χ1n) is 10.2. The molecule has 0 fully saturated rings. The number of hydrogen-bond donors (Lipinski definition) is 1. The fourth-order valence-electron chi connectivity index (χ4n) is 3.67. The van der Waals surface area contributed by atoms with Crippen LogP contribution in [0.15, 0.2) is 88.0 Å². The molecule has 3 aromatic heterocycles. The predicted octanol–water partition coefficient (Wildman–Crippen LogP) is 6.26. The zero-order valence-electron chi connectivity index (χ0n) is 17.5. The summed E-state index contributed by atoms with van der Waals surface area (Å²) in [5, 5.41) is 10.1. The lowest BCUT2D eigenvalue weighted by Crippen LogP contribution is -2.23. The summed E-state index contributed by atoms with van der Waals surface area (Å²) < 4.78 is 1.59. The molecule has 0 atom stereocenters. The quantitative estimate of drug-likeness (QED) is 0.167. The van der Waals surface area contributed by atoms with Gasteiger partial charge in [-0.2, -0.15) is 0 Å². The first-order chi connectivity index (χ1) is 16.2. The van der Waals surface area contributed by atoms with Gasteiger partial charge in [0.2, 0.25) is 5.91 Å².